The van der Waals surface area contributed by atoms with Crippen LogP contribution in [0.25, 0.3) is 0 Å². The van der Waals surface area contributed by atoms with Crippen LogP contribution >= 0.6 is 0 Å². The van der Waals surface area contributed by atoms with Crippen molar-refractivity contribution in [2.45, 2.75) is 0 Å². The summed E-state index contributed by atoms with van der Waals surface area (Å²) in [6, 6.07) is 6.59. The number of ether oxygens (including phenoxy) is 2. The average Bonchev–Trinajstić information content (AvgIpc) is 2.42. The first-order valence-electron chi connectivity index (χ1n) is 5.01. The average molecular weight is 272 g/mol. The molecule has 0 saturated carbocycles. The normalized spacial score (nSPS) is 8.95. The lowest BCUT2D eigenvalue weighted by atomic mass is 10.3. The zero-order valence-corrected chi connectivity index (χ0v) is 10.0. The molecule has 0 heterocycles. The summed E-state index contributed by atoms with van der Waals surface area (Å²) < 4.78 is 10.4. The van der Waals surface area contributed by atoms with Crippen molar-refractivity contribution in [1.29, 1.82) is 0 Å². The van der Waals surface area contributed by atoms with Gasteiger partial charge >= 0.3 is 0 Å². The van der Waals surface area contributed by atoms with Crippen LogP contribution in [-0.2, 0) is 9.59 Å². The van der Waals surface area contributed by atoms with Crippen LogP contribution in [0.4, 0.5) is 0 Å². The minimum Gasteiger partial charge on any atom is -0.480 e. The first kappa shape index (κ1) is 16.6. The molecule has 0 saturated heterocycles. The van der Waals surface area contributed by atoms with Gasteiger partial charge < -0.3 is 14.9 Å². The van der Waals surface area contributed by atoms with Crippen molar-refractivity contribution >= 4 is 11.8 Å². The van der Waals surface area contributed by atoms with E-state index in [2.05, 4.69) is 0 Å². The van der Waals surface area contributed by atoms with E-state index < -0.39 is 11.8 Å². The summed E-state index contributed by atoms with van der Waals surface area (Å²) in [7, 11) is 0. The molecule has 0 unspecified atom stereocenters. The minimum atomic E-state index is -0.482. The maximum absolute atomic E-state index is 10.9. The molecule has 106 valence electrons. The Kier molecular flexibility index (Phi) is 7.61. The number of carbonyl (C=O) groups is 2. The number of hydrogen-bond acceptors (Lipinski definition) is 6. The molecule has 0 aliphatic rings. The van der Waals surface area contributed by atoms with Gasteiger partial charge in [0.2, 0.25) is 0 Å². The fourth-order valence-corrected chi connectivity index (χ4v) is 1.06. The van der Waals surface area contributed by atoms with Crippen LogP contribution in [0.2, 0.25) is 0 Å². The Morgan fingerprint density at radius 3 is 1.63 bits per heavy atom. The smallest absolute Gasteiger partial charge is 0.271 e. The van der Waals surface area contributed by atoms with Gasteiger partial charge in [-0.2, -0.15) is 0 Å². The van der Waals surface area contributed by atoms with Gasteiger partial charge in [0.15, 0.2) is 24.7 Å². The summed E-state index contributed by atoms with van der Waals surface area (Å²) in [6.07, 6.45) is 0. The third-order valence-corrected chi connectivity index (χ3v) is 1.89. The third kappa shape index (κ3) is 5.68. The molecule has 8 N–H and O–H groups in total. The van der Waals surface area contributed by atoms with Crippen molar-refractivity contribution < 1.29 is 24.5 Å². The number of amides is 2. The van der Waals surface area contributed by atoms with E-state index in [1.54, 1.807) is 24.3 Å². The van der Waals surface area contributed by atoms with Gasteiger partial charge in [0.25, 0.3) is 11.8 Å². The molecule has 1 rings (SSSR count). The van der Waals surface area contributed by atoms with Crippen molar-refractivity contribution in [3.63, 3.8) is 0 Å². The van der Waals surface area contributed by atoms with Gasteiger partial charge in [-0.1, -0.05) is 12.1 Å². The number of nitrogens with two attached hydrogens (primary N) is 2. The van der Waals surface area contributed by atoms with Crippen LogP contribution in [0.15, 0.2) is 24.3 Å². The molecule has 9 heteroatoms. The van der Waals surface area contributed by atoms with Crippen LogP contribution in [-0.4, -0.2) is 30.5 Å². The Morgan fingerprint density at radius 1 is 0.947 bits per heavy atom. The zero-order valence-electron chi connectivity index (χ0n) is 10.0. The van der Waals surface area contributed by atoms with Gasteiger partial charge in [-0.15, -0.1) is 0 Å². The van der Waals surface area contributed by atoms with Crippen molar-refractivity contribution in [3.8, 4) is 11.5 Å². The summed E-state index contributed by atoms with van der Waals surface area (Å²) in [5.74, 6) is 9.51. The maximum Gasteiger partial charge on any atom is 0.271 e. The lowest BCUT2D eigenvalue weighted by molar-refractivity contribution is -0.124. The predicted octanol–water partition coefficient (Wildman–Crippen LogP) is -2.40. The first-order chi connectivity index (χ1) is 8.67. The summed E-state index contributed by atoms with van der Waals surface area (Å²) in [5, 5.41) is 0. The Morgan fingerprint density at radius 2 is 1.32 bits per heavy atom. The van der Waals surface area contributed by atoms with E-state index in [0.29, 0.717) is 11.5 Å². The van der Waals surface area contributed by atoms with Gasteiger partial charge in [0.1, 0.15) is 0 Å². The summed E-state index contributed by atoms with van der Waals surface area (Å²) >= 11 is 0. The molecule has 1 aromatic rings. The number of rotatable bonds is 6. The number of carbonyl (C=O) groups excluding carboxylic acids is 2. The van der Waals surface area contributed by atoms with Crippen molar-refractivity contribution in [1.82, 2.24) is 10.9 Å². The van der Waals surface area contributed by atoms with E-state index in [1.807, 2.05) is 10.9 Å². The topological polar surface area (TPSA) is 160 Å². The molecule has 1 aromatic carbocycles. The highest BCUT2D eigenvalue weighted by atomic mass is 16.5. The number of para-hydroxylation sites is 2. The quantitative estimate of drug-likeness (QED) is 0.256. The van der Waals surface area contributed by atoms with E-state index in [1.165, 1.54) is 0 Å². The standard InChI is InChI=1S/C10H14N4O4.H2O/c11-13-9(15)5-17-7-3-1-2-4-8(7)18-6-10(16)14-12;/h1-4H,5-6,11-12H2,(H,13,15)(H,14,16);1H2. The Labute approximate surface area is 109 Å². The van der Waals surface area contributed by atoms with Crippen LogP contribution < -0.4 is 32.0 Å². The molecule has 9 nitrogen and oxygen atoms in total. The predicted molar refractivity (Wildman–Crippen MR) is 65.7 cm³/mol. The van der Waals surface area contributed by atoms with Gasteiger partial charge in [0.05, 0.1) is 0 Å². The van der Waals surface area contributed by atoms with E-state index in [0.717, 1.165) is 0 Å². The lowest BCUT2D eigenvalue weighted by Crippen LogP contribution is -2.35. The van der Waals surface area contributed by atoms with Gasteiger partial charge in [-0.3, -0.25) is 20.4 Å². The SMILES string of the molecule is NNC(=O)COc1ccccc1OCC(=O)NN.O. The van der Waals surface area contributed by atoms with Crippen molar-refractivity contribution in [2.24, 2.45) is 11.7 Å². The fourth-order valence-electron chi connectivity index (χ4n) is 1.06. The second kappa shape index (κ2) is 8.69. The fraction of sp³-hybridized carbons (Fsp3) is 0.200. The highest BCUT2D eigenvalue weighted by molar-refractivity contribution is 5.77. The largest absolute Gasteiger partial charge is 0.480 e. The lowest BCUT2D eigenvalue weighted by Gasteiger charge is -2.11. The molecule has 0 fully saturated rings. The van der Waals surface area contributed by atoms with Gasteiger partial charge in [0, 0.05) is 0 Å². The molecule has 0 aromatic heterocycles. The molecule has 19 heavy (non-hydrogen) atoms. The van der Waals surface area contributed by atoms with Crippen LogP contribution in [0.3, 0.4) is 0 Å². The van der Waals surface area contributed by atoms with Crippen LogP contribution in [0, 0.1) is 0 Å². The minimum absolute atomic E-state index is 0. The molecule has 0 atom stereocenters. The van der Waals surface area contributed by atoms with E-state index in [-0.39, 0.29) is 18.7 Å². The monoisotopic (exact) mass is 272 g/mol. The van der Waals surface area contributed by atoms with Gasteiger partial charge in [-0.25, -0.2) is 11.7 Å². The highest BCUT2D eigenvalue weighted by Crippen LogP contribution is 2.26. The summed E-state index contributed by atoms with van der Waals surface area (Å²) in [6.45, 7) is -0.500. The first-order valence-corrected chi connectivity index (χ1v) is 5.01. The second-order valence-electron chi connectivity index (χ2n) is 3.16. The highest BCUT2D eigenvalue weighted by Gasteiger charge is 2.08. The Bertz CT molecular complexity index is 387. The number of hydrazine groups is 2. The van der Waals surface area contributed by atoms with E-state index in [9.17, 15) is 9.59 Å². The molecular formula is C10H16N4O5. The Hall–Kier alpha value is -2.36. The zero-order chi connectivity index (χ0) is 13.4. The number of benzene rings is 1. The molecular weight excluding hydrogens is 256 g/mol. The summed E-state index contributed by atoms with van der Waals surface area (Å²) in [5.41, 5.74) is 3.86. The molecule has 0 bridgehead atoms. The molecule has 0 spiro atoms. The summed E-state index contributed by atoms with van der Waals surface area (Å²) in [4.78, 5) is 21.9. The van der Waals surface area contributed by atoms with Crippen molar-refractivity contribution in [3.05, 3.63) is 24.3 Å². The number of nitrogens with one attached hydrogen (secondary N) is 2. The van der Waals surface area contributed by atoms with E-state index in [4.69, 9.17) is 21.2 Å². The molecule has 0 radical (unpaired) electrons. The maximum atomic E-state index is 10.9. The number of hydrogen-bond donors (Lipinski definition) is 4. The van der Waals surface area contributed by atoms with Crippen LogP contribution in [0.5, 0.6) is 11.5 Å². The molecule has 2 amide bonds. The van der Waals surface area contributed by atoms with E-state index >= 15 is 0 Å². The molecule has 0 aliphatic carbocycles. The van der Waals surface area contributed by atoms with Gasteiger partial charge in [-0.05, 0) is 12.1 Å². The third-order valence-electron chi connectivity index (χ3n) is 1.89. The van der Waals surface area contributed by atoms with Crippen LogP contribution in [0.1, 0.15) is 0 Å². The second-order valence-corrected chi connectivity index (χ2v) is 3.16. The Balaban J connectivity index is 0.00000324. The van der Waals surface area contributed by atoms with Crippen molar-refractivity contribution in [2.75, 3.05) is 13.2 Å². The molecule has 0 aliphatic heterocycles.